The van der Waals surface area contributed by atoms with E-state index in [1.807, 2.05) is 13.8 Å². The normalized spacial score (nSPS) is 39.0. The minimum atomic E-state index is -0.611. The molecule has 1 fully saturated rings. The smallest absolute Gasteiger partial charge is 0.0880 e. The molecule has 0 aromatic heterocycles. The molecule has 0 saturated heterocycles. The number of hydrogen-bond donors (Lipinski definition) is 1. The summed E-state index contributed by atoms with van der Waals surface area (Å²) in [6, 6.07) is 0. The van der Waals surface area contributed by atoms with Gasteiger partial charge in [0.15, 0.2) is 0 Å². The zero-order chi connectivity index (χ0) is 11.5. The molecule has 0 bridgehead atoms. The van der Waals surface area contributed by atoms with Crippen LogP contribution in [-0.4, -0.2) is 23.4 Å². The molecule has 1 aliphatic carbocycles. The highest BCUT2D eigenvalue weighted by Crippen LogP contribution is 2.38. The van der Waals surface area contributed by atoms with Gasteiger partial charge < -0.3 is 9.84 Å². The minimum Gasteiger partial charge on any atom is -0.387 e. The fourth-order valence-electron chi connectivity index (χ4n) is 2.58. The van der Waals surface area contributed by atoms with Gasteiger partial charge in [0.25, 0.3) is 0 Å². The Kier molecular flexibility index (Phi) is 4.60. The van der Waals surface area contributed by atoms with Crippen molar-refractivity contribution in [1.29, 1.82) is 0 Å². The lowest BCUT2D eigenvalue weighted by Crippen LogP contribution is -2.47. The van der Waals surface area contributed by atoms with Gasteiger partial charge in [0, 0.05) is 6.61 Å². The molecule has 0 radical (unpaired) electrons. The lowest BCUT2D eigenvalue weighted by Gasteiger charge is -2.42. The van der Waals surface area contributed by atoms with E-state index in [2.05, 4.69) is 13.8 Å². The molecule has 1 rings (SSSR count). The van der Waals surface area contributed by atoms with Gasteiger partial charge in [-0.2, -0.15) is 0 Å². The maximum absolute atomic E-state index is 10.2. The summed E-state index contributed by atoms with van der Waals surface area (Å²) in [5.41, 5.74) is -0.611. The monoisotopic (exact) mass is 214 g/mol. The fourth-order valence-corrected chi connectivity index (χ4v) is 2.58. The van der Waals surface area contributed by atoms with Crippen molar-refractivity contribution in [3.63, 3.8) is 0 Å². The molecule has 0 aliphatic heterocycles. The van der Waals surface area contributed by atoms with E-state index in [0.29, 0.717) is 6.61 Å². The highest BCUT2D eigenvalue weighted by Gasteiger charge is 2.39. The Labute approximate surface area is 94.0 Å². The second-order valence-electron chi connectivity index (χ2n) is 5.22. The summed E-state index contributed by atoms with van der Waals surface area (Å²) in [6.45, 7) is 9.18. The molecular formula is C13H26O2. The van der Waals surface area contributed by atoms with E-state index in [-0.39, 0.29) is 6.10 Å². The first-order valence-corrected chi connectivity index (χ1v) is 6.35. The Morgan fingerprint density at radius 2 is 2.13 bits per heavy atom. The van der Waals surface area contributed by atoms with Crippen LogP contribution in [-0.2, 0) is 4.74 Å². The third kappa shape index (κ3) is 3.18. The maximum Gasteiger partial charge on any atom is 0.0880 e. The summed E-state index contributed by atoms with van der Waals surface area (Å²) < 4.78 is 5.67. The molecule has 1 N–H and O–H groups in total. The molecule has 4 atom stereocenters. The molecule has 1 saturated carbocycles. The number of ether oxygens (including phenoxy) is 1. The summed E-state index contributed by atoms with van der Waals surface area (Å²) in [6.07, 6.45) is 4.31. The third-order valence-electron chi connectivity index (χ3n) is 4.05. The van der Waals surface area contributed by atoms with Gasteiger partial charge in [-0.1, -0.05) is 20.3 Å². The first-order chi connectivity index (χ1) is 7.01. The van der Waals surface area contributed by atoms with Gasteiger partial charge in [-0.15, -0.1) is 0 Å². The molecule has 2 nitrogen and oxygen atoms in total. The molecule has 2 heteroatoms. The second kappa shape index (κ2) is 5.31. The van der Waals surface area contributed by atoms with Gasteiger partial charge in [-0.25, -0.2) is 0 Å². The maximum atomic E-state index is 10.2. The fraction of sp³-hybridized carbons (Fsp3) is 1.00. The van der Waals surface area contributed by atoms with E-state index < -0.39 is 5.60 Å². The Morgan fingerprint density at radius 1 is 1.47 bits per heavy atom. The molecule has 0 spiro atoms. The average molecular weight is 214 g/mol. The van der Waals surface area contributed by atoms with Crippen LogP contribution >= 0.6 is 0 Å². The molecular weight excluding hydrogens is 188 g/mol. The molecule has 0 aromatic carbocycles. The molecule has 0 heterocycles. The van der Waals surface area contributed by atoms with Crippen molar-refractivity contribution in [2.75, 3.05) is 6.61 Å². The van der Waals surface area contributed by atoms with Crippen molar-refractivity contribution in [2.24, 2.45) is 11.8 Å². The van der Waals surface area contributed by atoms with Crippen molar-refractivity contribution in [1.82, 2.24) is 0 Å². The third-order valence-corrected chi connectivity index (χ3v) is 4.05. The first kappa shape index (κ1) is 13.0. The first-order valence-electron chi connectivity index (χ1n) is 6.35. The quantitative estimate of drug-likeness (QED) is 0.779. The van der Waals surface area contributed by atoms with E-state index in [0.717, 1.165) is 31.1 Å². The lowest BCUT2D eigenvalue weighted by atomic mass is 9.72. The zero-order valence-corrected chi connectivity index (χ0v) is 10.6. The van der Waals surface area contributed by atoms with Crippen LogP contribution < -0.4 is 0 Å². The van der Waals surface area contributed by atoms with Gasteiger partial charge in [0.2, 0.25) is 0 Å². The lowest BCUT2D eigenvalue weighted by molar-refractivity contribution is -0.132. The van der Waals surface area contributed by atoms with Crippen molar-refractivity contribution in [2.45, 2.75) is 65.1 Å². The van der Waals surface area contributed by atoms with Crippen molar-refractivity contribution in [3.05, 3.63) is 0 Å². The van der Waals surface area contributed by atoms with Crippen LogP contribution in [0, 0.1) is 11.8 Å². The van der Waals surface area contributed by atoms with Crippen molar-refractivity contribution >= 4 is 0 Å². The Balaban J connectivity index is 2.58. The highest BCUT2D eigenvalue weighted by atomic mass is 16.5. The Hall–Kier alpha value is -0.0800. The zero-order valence-electron chi connectivity index (χ0n) is 10.6. The van der Waals surface area contributed by atoms with Gasteiger partial charge in [-0.05, 0) is 44.9 Å². The molecule has 4 unspecified atom stereocenters. The second-order valence-corrected chi connectivity index (χ2v) is 5.22. The predicted molar refractivity (Wildman–Crippen MR) is 62.8 cm³/mol. The summed E-state index contributed by atoms with van der Waals surface area (Å²) >= 11 is 0. The molecule has 0 aromatic rings. The SMILES string of the molecule is CCOC1CC(C(C)CC)CCC1(C)O. The summed E-state index contributed by atoms with van der Waals surface area (Å²) in [4.78, 5) is 0. The van der Waals surface area contributed by atoms with Crippen LogP contribution in [0.1, 0.15) is 53.4 Å². The van der Waals surface area contributed by atoms with Gasteiger partial charge in [0.1, 0.15) is 0 Å². The average Bonchev–Trinajstić information content (AvgIpc) is 2.20. The van der Waals surface area contributed by atoms with Crippen LogP contribution in [0.5, 0.6) is 0 Å². The standard InChI is InChI=1S/C13H26O2/c1-5-10(3)11-7-8-13(4,14)12(9-11)15-6-2/h10-12,14H,5-9H2,1-4H3. The Morgan fingerprint density at radius 3 is 2.67 bits per heavy atom. The molecule has 90 valence electrons. The van der Waals surface area contributed by atoms with Crippen LogP contribution in [0.25, 0.3) is 0 Å². The summed E-state index contributed by atoms with van der Waals surface area (Å²) in [7, 11) is 0. The van der Waals surface area contributed by atoms with Crippen LogP contribution in [0.3, 0.4) is 0 Å². The topological polar surface area (TPSA) is 29.5 Å². The van der Waals surface area contributed by atoms with Crippen molar-refractivity contribution < 1.29 is 9.84 Å². The number of rotatable bonds is 4. The van der Waals surface area contributed by atoms with Crippen LogP contribution in [0.15, 0.2) is 0 Å². The van der Waals surface area contributed by atoms with E-state index in [1.165, 1.54) is 6.42 Å². The predicted octanol–water partition coefficient (Wildman–Crippen LogP) is 2.99. The van der Waals surface area contributed by atoms with Crippen LogP contribution in [0.4, 0.5) is 0 Å². The number of hydrogen-bond acceptors (Lipinski definition) is 2. The minimum absolute atomic E-state index is 0.0373. The van der Waals surface area contributed by atoms with Crippen molar-refractivity contribution in [3.8, 4) is 0 Å². The molecule has 1 aliphatic rings. The van der Waals surface area contributed by atoms with E-state index in [1.54, 1.807) is 0 Å². The van der Waals surface area contributed by atoms with Crippen LogP contribution in [0.2, 0.25) is 0 Å². The van der Waals surface area contributed by atoms with E-state index >= 15 is 0 Å². The van der Waals surface area contributed by atoms with E-state index in [9.17, 15) is 5.11 Å². The number of aliphatic hydroxyl groups is 1. The van der Waals surface area contributed by atoms with E-state index in [4.69, 9.17) is 4.74 Å². The largest absolute Gasteiger partial charge is 0.387 e. The van der Waals surface area contributed by atoms with Gasteiger partial charge in [-0.3, -0.25) is 0 Å². The Bertz CT molecular complexity index is 189. The van der Waals surface area contributed by atoms with Gasteiger partial charge >= 0.3 is 0 Å². The highest BCUT2D eigenvalue weighted by molar-refractivity contribution is 4.91. The summed E-state index contributed by atoms with van der Waals surface area (Å²) in [5, 5.41) is 10.2. The molecule has 15 heavy (non-hydrogen) atoms. The summed E-state index contributed by atoms with van der Waals surface area (Å²) in [5.74, 6) is 1.48. The van der Waals surface area contributed by atoms with Gasteiger partial charge in [0.05, 0.1) is 11.7 Å². The molecule has 0 amide bonds.